The molecule has 1 aromatic heterocycles. The number of methoxy groups -OCH3 is 1. The molecule has 1 aliphatic heterocycles. The van der Waals surface area contributed by atoms with Gasteiger partial charge in [-0.3, -0.25) is 9.36 Å². The van der Waals surface area contributed by atoms with Crippen LogP contribution in [0.1, 0.15) is 46.1 Å². The van der Waals surface area contributed by atoms with E-state index in [4.69, 9.17) is 9.73 Å². The Morgan fingerprint density at radius 2 is 1.98 bits per heavy atom. The number of aliphatic hydroxyl groups is 1. The van der Waals surface area contributed by atoms with Crippen LogP contribution in [0.2, 0.25) is 0 Å². The number of rotatable bonds is 6. The molecule has 218 valence electrons. The average molecular weight is 562 g/mol. The minimum Gasteiger partial charge on any atom is -0.497 e. The van der Waals surface area contributed by atoms with Crippen molar-refractivity contribution in [3.63, 3.8) is 0 Å². The van der Waals surface area contributed by atoms with E-state index >= 15 is 0 Å². The van der Waals surface area contributed by atoms with E-state index in [-0.39, 0.29) is 17.4 Å². The first kappa shape index (κ1) is 27.7. The highest BCUT2D eigenvalue weighted by Gasteiger charge is 2.56. The summed E-state index contributed by atoms with van der Waals surface area (Å²) in [4.78, 5) is 25.1. The molecule has 7 rings (SSSR count). The Morgan fingerprint density at radius 3 is 2.63 bits per heavy atom. The van der Waals surface area contributed by atoms with E-state index in [1.807, 2.05) is 19.1 Å². The molecular formula is C32H40FN5O3. The summed E-state index contributed by atoms with van der Waals surface area (Å²) in [6.45, 7) is 10.3. The number of nitrogens with zero attached hydrogens (tertiary/aromatic N) is 4. The highest BCUT2D eigenvalue weighted by molar-refractivity contribution is 5.96. The molecule has 4 atom stereocenters. The molecule has 2 N–H and O–H groups in total. The molecule has 2 heterocycles. The molecule has 3 saturated carbocycles. The lowest BCUT2D eigenvalue weighted by Gasteiger charge is -2.61. The third kappa shape index (κ3) is 5.09. The van der Waals surface area contributed by atoms with E-state index in [1.54, 1.807) is 18.2 Å². The third-order valence-corrected chi connectivity index (χ3v) is 9.93. The standard InChI is InChI=1S/C32H40FN5O3/c1-19-25-12-21(31(25,2)3)13-27(19)36-30(38-16-32(4,40)17-38)35-22-7-9-24-28(14-22)34-18-37(29(24)39)11-10-20-6-8-23(41-5)15-26(20)33/h6-9,14-15,18-19,21,25,27,40H,10-13,16-17H2,1-5H3,(H,35,36)/t19-,21-,25-,27+/m1/s1. The Balaban J connectivity index is 1.21. The van der Waals surface area contributed by atoms with Crippen molar-refractivity contribution in [1.82, 2.24) is 14.5 Å². The monoisotopic (exact) mass is 561 g/mol. The van der Waals surface area contributed by atoms with Crippen molar-refractivity contribution in [3.05, 3.63) is 64.5 Å². The van der Waals surface area contributed by atoms with Crippen molar-refractivity contribution < 1.29 is 14.2 Å². The number of halogens is 1. The Kier molecular flexibility index (Phi) is 6.83. The van der Waals surface area contributed by atoms with Crippen LogP contribution >= 0.6 is 0 Å². The lowest BCUT2D eigenvalue weighted by molar-refractivity contribution is -0.108. The highest BCUT2D eigenvalue weighted by Crippen LogP contribution is 2.61. The summed E-state index contributed by atoms with van der Waals surface area (Å²) < 4.78 is 21.0. The van der Waals surface area contributed by atoms with E-state index in [1.165, 1.54) is 30.5 Å². The lowest BCUT2D eigenvalue weighted by Crippen LogP contribution is -2.63. The molecule has 2 aromatic carbocycles. The summed E-state index contributed by atoms with van der Waals surface area (Å²) in [6, 6.07) is 10.5. The summed E-state index contributed by atoms with van der Waals surface area (Å²) in [7, 11) is 1.50. The third-order valence-electron chi connectivity index (χ3n) is 9.93. The fraction of sp³-hybridized carbons (Fsp3) is 0.531. The van der Waals surface area contributed by atoms with E-state index < -0.39 is 5.60 Å². The van der Waals surface area contributed by atoms with Crippen LogP contribution in [0.25, 0.3) is 10.9 Å². The number of fused-ring (bicyclic) bond motifs is 3. The molecule has 4 aliphatic rings. The molecule has 9 heteroatoms. The molecule has 3 aromatic rings. The molecule has 1 saturated heterocycles. The van der Waals surface area contributed by atoms with Crippen molar-refractivity contribution in [2.24, 2.45) is 28.2 Å². The second-order valence-corrected chi connectivity index (χ2v) is 13.1. The van der Waals surface area contributed by atoms with Crippen LogP contribution in [-0.2, 0) is 13.0 Å². The second-order valence-electron chi connectivity index (χ2n) is 13.1. The van der Waals surface area contributed by atoms with Crippen LogP contribution in [0.5, 0.6) is 5.75 Å². The summed E-state index contributed by atoms with van der Waals surface area (Å²) in [6.07, 6.45) is 4.26. The van der Waals surface area contributed by atoms with Crippen LogP contribution < -0.4 is 15.6 Å². The molecule has 2 bridgehead atoms. The number of aliphatic imine (C=N–C) groups is 1. The largest absolute Gasteiger partial charge is 0.497 e. The zero-order valence-electron chi connectivity index (χ0n) is 24.5. The fourth-order valence-electron chi connectivity index (χ4n) is 7.19. The smallest absolute Gasteiger partial charge is 0.261 e. The Bertz CT molecular complexity index is 1560. The van der Waals surface area contributed by atoms with Gasteiger partial charge in [-0.2, -0.15) is 0 Å². The predicted octanol–water partition coefficient (Wildman–Crippen LogP) is 4.69. The topological polar surface area (TPSA) is 92.0 Å². The molecule has 0 unspecified atom stereocenters. The van der Waals surface area contributed by atoms with Gasteiger partial charge in [-0.15, -0.1) is 0 Å². The van der Waals surface area contributed by atoms with Crippen molar-refractivity contribution in [1.29, 1.82) is 0 Å². The van der Waals surface area contributed by atoms with Gasteiger partial charge in [0, 0.05) is 18.3 Å². The van der Waals surface area contributed by atoms with Crippen molar-refractivity contribution in [2.75, 3.05) is 25.5 Å². The van der Waals surface area contributed by atoms with Gasteiger partial charge in [0.15, 0.2) is 5.96 Å². The Labute approximate surface area is 240 Å². The summed E-state index contributed by atoms with van der Waals surface area (Å²) in [5, 5.41) is 14.4. The minimum atomic E-state index is -0.727. The normalized spacial score (nSPS) is 26.3. The number of hydrogen-bond acceptors (Lipinski definition) is 5. The van der Waals surface area contributed by atoms with Gasteiger partial charge in [0.1, 0.15) is 11.6 Å². The van der Waals surface area contributed by atoms with Gasteiger partial charge in [0.05, 0.1) is 49.1 Å². The van der Waals surface area contributed by atoms with Crippen molar-refractivity contribution in [3.8, 4) is 5.75 Å². The van der Waals surface area contributed by atoms with Gasteiger partial charge < -0.3 is 20.1 Å². The van der Waals surface area contributed by atoms with Gasteiger partial charge >= 0.3 is 0 Å². The zero-order valence-corrected chi connectivity index (χ0v) is 24.5. The molecule has 3 aliphatic carbocycles. The first-order chi connectivity index (χ1) is 19.4. The number of anilines is 1. The van der Waals surface area contributed by atoms with E-state index in [0.717, 1.165) is 18.1 Å². The highest BCUT2D eigenvalue weighted by atomic mass is 19.1. The van der Waals surface area contributed by atoms with Crippen LogP contribution in [0.15, 0.2) is 52.5 Å². The molecule has 4 fully saturated rings. The molecular weight excluding hydrogens is 521 g/mol. The number of hydrogen-bond donors (Lipinski definition) is 2. The number of benzene rings is 2. The number of nitrogens with one attached hydrogen (secondary N) is 1. The van der Waals surface area contributed by atoms with Crippen LogP contribution in [-0.4, -0.2) is 57.4 Å². The molecule has 8 nitrogen and oxygen atoms in total. The summed E-state index contributed by atoms with van der Waals surface area (Å²) in [5.41, 5.74) is 1.38. The Morgan fingerprint density at radius 1 is 1.20 bits per heavy atom. The first-order valence-corrected chi connectivity index (χ1v) is 14.6. The maximum atomic E-state index is 14.4. The SMILES string of the molecule is COc1ccc(CCn2cnc3cc(NC(=N[C@H]4C[C@H]5C[C@H]([C@H]4C)C5(C)C)N4CC(C)(O)C4)ccc3c2=O)c(F)c1. The van der Waals surface area contributed by atoms with Crippen LogP contribution in [0, 0.1) is 29.0 Å². The van der Waals surface area contributed by atoms with Gasteiger partial charge in [0.2, 0.25) is 0 Å². The number of guanidine groups is 1. The maximum Gasteiger partial charge on any atom is 0.261 e. The average Bonchev–Trinajstić information content (AvgIpc) is 2.92. The number of aromatic nitrogens is 2. The second kappa shape index (κ2) is 10.1. The van der Waals surface area contributed by atoms with E-state index in [9.17, 15) is 14.3 Å². The number of β-amino-alcohol motifs (C(OH)–C–C–N with tert-alkyl or cyclic N) is 1. The molecule has 41 heavy (non-hydrogen) atoms. The fourth-order valence-corrected chi connectivity index (χ4v) is 7.19. The van der Waals surface area contributed by atoms with E-state index in [0.29, 0.717) is 71.4 Å². The number of aryl methyl sites for hydroxylation is 2. The van der Waals surface area contributed by atoms with Crippen molar-refractivity contribution in [2.45, 2.75) is 65.1 Å². The van der Waals surface area contributed by atoms with Crippen LogP contribution in [0.3, 0.4) is 0 Å². The molecule has 0 radical (unpaired) electrons. The predicted molar refractivity (Wildman–Crippen MR) is 159 cm³/mol. The maximum absolute atomic E-state index is 14.4. The van der Waals surface area contributed by atoms with Gasteiger partial charge in [-0.05, 0) is 79.2 Å². The van der Waals surface area contributed by atoms with Crippen LogP contribution in [0.4, 0.5) is 10.1 Å². The zero-order chi connectivity index (χ0) is 29.1. The minimum absolute atomic E-state index is 0.166. The molecule has 0 spiro atoms. The first-order valence-electron chi connectivity index (χ1n) is 14.6. The van der Waals surface area contributed by atoms with Gasteiger partial charge in [-0.1, -0.05) is 26.8 Å². The lowest BCUT2D eigenvalue weighted by atomic mass is 9.45. The summed E-state index contributed by atoms with van der Waals surface area (Å²) in [5.74, 6) is 2.75. The van der Waals surface area contributed by atoms with Gasteiger partial charge in [0.25, 0.3) is 5.56 Å². The number of ether oxygens (including phenoxy) is 1. The van der Waals surface area contributed by atoms with E-state index in [2.05, 4.69) is 36.0 Å². The van der Waals surface area contributed by atoms with Crippen molar-refractivity contribution >= 4 is 22.5 Å². The Hall–Kier alpha value is -3.46. The number of likely N-dealkylation sites (tertiary alicyclic amines) is 1. The summed E-state index contributed by atoms with van der Waals surface area (Å²) >= 11 is 0. The molecule has 0 amide bonds. The quantitative estimate of drug-likeness (QED) is 0.335. The van der Waals surface area contributed by atoms with Gasteiger partial charge in [-0.25, -0.2) is 14.4 Å².